The summed E-state index contributed by atoms with van der Waals surface area (Å²) in [4.78, 5) is 34.8. The van der Waals surface area contributed by atoms with E-state index >= 15 is 0 Å². The van der Waals surface area contributed by atoms with Crippen LogP contribution in [0.5, 0.6) is 5.75 Å². The average molecular weight is 342 g/mol. The van der Waals surface area contributed by atoms with Crippen LogP contribution in [0.3, 0.4) is 0 Å². The molecule has 0 saturated carbocycles. The van der Waals surface area contributed by atoms with Gasteiger partial charge in [0.05, 0.1) is 0 Å². The monoisotopic (exact) mass is 342 g/mol. The molecule has 0 aliphatic heterocycles. The van der Waals surface area contributed by atoms with E-state index in [-0.39, 0.29) is 17.2 Å². The summed E-state index contributed by atoms with van der Waals surface area (Å²) in [6, 6.07) is 11.1. The van der Waals surface area contributed by atoms with Gasteiger partial charge >= 0.3 is 5.97 Å². The molecule has 130 valence electrons. The molecule has 0 aliphatic rings. The summed E-state index contributed by atoms with van der Waals surface area (Å²) in [6.07, 6.45) is 0. The van der Waals surface area contributed by atoms with E-state index in [1.165, 1.54) is 19.1 Å². The lowest BCUT2D eigenvalue weighted by Gasteiger charge is -2.09. The third kappa shape index (κ3) is 5.35. The number of anilines is 2. The van der Waals surface area contributed by atoms with E-state index in [1.54, 1.807) is 37.3 Å². The van der Waals surface area contributed by atoms with Crippen molar-refractivity contribution in [2.24, 2.45) is 0 Å². The molecule has 0 aliphatic carbocycles. The van der Waals surface area contributed by atoms with Crippen molar-refractivity contribution in [2.75, 3.05) is 17.2 Å². The number of phenolic OH excluding ortho intramolecular Hbond substituents is 1. The van der Waals surface area contributed by atoms with Crippen LogP contribution in [0.4, 0.5) is 11.4 Å². The second-order valence-electron chi connectivity index (χ2n) is 5.41. The van der Waals surface area contributed by atoms with Gasteiger partial charge in [0, 0.05) is 18.3 Å². The van der Waals surface area contributed by atoms with Gasteiger partial charge in [-0.1, -0.05) is 12.1 Å². The Hall–Kier alpha value is -3.35. The summed E-state index contributed by atoms with van der Waals surface area (Å²) in [6.45, 7) is 2.65. The summed E-state index contributed by atoms with van der Waals surface area (Å²) in [5, 5.41) is 14.9. The van der Waals surface area contributed by atoms with Gasteiger partial charge < -0.3 is 20.5 Å². The highest BCUT2D eigenvalue weighted by molar-refractivity contribution is 5.97. The number of ether oxygens (including phenoxy) is 1. The molecule has 2 aromatic rings. The summed E-state index contributed by atoms with van der Waals surface area (Å²) in [5.74, 6) is -1.76. The van der Waals surface area contributed by atoms with Crippen LogP contribution in [-0.2, 0) is 14.3 Å². The highest BCUT2D eigenvalue weighted by Crippen LogP contribution is 2.19. The lowest BCUT2D eigenvalue weighted by molar-refractivity contribution is -0.119. The van der Waals surface area contributed by atoms with E-state index in [0.717, 1.165) is 5.56 Å². The number of amides is 2. The smallest absolute Gasteiger partial charge is 0.342 e. The first-order valence-corrected chi connectivity index (χ1v) is 7.49. The van der Waals surface area contributed by atoms with Crippen LogP contribution in [0, 0.1) is 6.92 Å². The Balaban J connectivity index is 1.92. The fourth-order valence-electron chi connectivity index (χ4n) is 2.10. The van der Waals surface area contributed by atoms with Crippen LogP contribution < -0.4 is 10.6 Å². The summed E-state index contributed by atoms with van der Waals surface area (Å²) >= 11 is 0. The zero-order valence-corrected chi connectivity index (χ0v) is 13.8. The number of esters is 1. The van der Waals surface area contributed by atoms with Crippen LogP contribution in [0.15, 0.2) is 42.5 Å². The van der Waals surface area contributed by atoms with Crippen molar-refractivity contribution in [3.05, 3.63) is 53.6 Å². The molecule has 0 bridgehead atoms. The van der Waals surface area contributed by atoms with Crippen LogP contribution in [0.25, 0.3) is 0 Å². The van der Waals surface area contributed by atoms with Gasteiger partial charge in [0.15, 0.2) is 6.61 Å². The molecule has 0 aromatic heterocycles. The fraction of sp³-hybridized carbons (Fsp3) is 0.167. The maximum absolute atomic E-state index is 11.9. The van der Waals surface area contributed by atoms with E-state index < -0.39 is 18.5 Å². The van der Waals surface area contributed by atoms with E-state index in [1.807, 2.05) is 0 Å². The van der Waals surface area contributed by atoms with E-state index in [2.05, 4.69) is 10.6 Å². The number of rotatable bonds is 5. The Morgan fingerprint density at radius 2 is 1.72 bits per heavy atom. The number of phenols is 1. The Kier molecular flexibility index (Phi) is 5.73. The van der Waals surface area contributed by atoms with Crippen molar-refractivity contribution in [1.82, 2.24) is 0 Å². The van der Waals surface area contributed by atoms with Crippen molar-refractivity contribution in [3.63, 3.8) is 0 Å². The van der Waals surface area contributed by atoms with Gasteiger partial charge in [-0.2, -0.15) is 0 Å². The molecule has 0 radical (unpaired) electrons. The average Bonchev–Trinajstić information content (AvgIpc) is 2.52. The normalized spacial score (nSPS) is 10.0. The lowest BCUT2D eigenvalue weighted by Crippen LogP contribution is -2.21. The molecule has 0 fully saturated rings. The number of carbonyl (C=O) groups is 3. The second kappa shape index (κ2) is 7.96. The SMILES string of the molecule is CC(=O)Nc1cccc(NC(=O)COC(=O)c2ccc(C)cc2O)c1. The molecule has 3 N–H and O–H groups in total. The molecule has 0 atom stereocenters. The molecule has 0 spiro atoms. The van der Waals surface area contributed by atoms with Crippen LogP contribution >= 0.6 is 0 Å². The minimum atomic E-state index is -0.792. The molecule has 0 heterocycles. The fourth-order valence-corrected chi connectivity index (χ4v) is 2.10. The Morgan fingerprint density at radius 3 is 2.36 bits per heavy atom. The number of benzene rings is 2. The number of carbonyl (C=O) groups excluding carboxylic acids is 3. The molecular weight excluding hydrogens is 324 g/mol. The van der Waals surface area contributed by atoms with Crippen molar-refractivity contribution >= 4 is 29.2 Å². The molecule has 7 nitrogen and oxygen atoms in total. The largest absolute Gasteiger partial charge is 0.507 e. The third-order valence-electron chi connectivity index (χ3n) is 3.17. The Bertz CT molecular complexity index is 817. The molecule has 0 unspecified atom stereocenters. The lowest BCUT2D eigenvalue weighted by atomic mass is 10.1. The van der Waals surface area contributed by atoms with Gasteiger partial charge in [0.25, 0.3) is 5.91 Å². The number of nitrogens with one attached hydrogen (secondary N) is 2. The standard InChI is InChI=1S/C18H18N2O5/c1-11-6-7-15(16(22)8-11)18(24)25-10-17(23)20-14-5-3-4-13(9-14)19-12(2)21/h3-9,22H,10H2,1-2H3,(H,19,21)(H,20,23). The first-order valence-electron chi connectivity index (χ1n) is 7.49. The van der Waals surface area contributed by atoms with E-state index in [9.17, 15) is 19.5 Å². The highest BCUT2D eigenvalue weighted by Gasteiger charge is 2.14. The number of hydrogen-bond acceptors (Lipinski definition) is 5. The van der Waals surface area contributed by atoms with Gasteiger partial charge in [-0.25, -0.2) is 4.79 Å². The van der Waals surface area contributed by atoms with Gasteiger partial charge in [-0.05, 0) is 42.8 Å². The second-order valence-corrected chi connectivity index (χ2v) is 5.41. The topological polar surface area (TPSA) is 105 Å². The maximum Gasteiger partial charge on any atom is 0.342 e. The van der Waals surface area contributed by atoms with E-state index in [0.29, 0.717) is 11.4 Å². The minimum absolute atomic E-state index is 0.00828. The number of aryl methyl sites for hydroxylation is 1. The molecule has 25 heavy (non-hydrogen) atoms. The molecule has 2 amide bonds. The molecular formula is C18H18N2O5. The number of aromatic hydroxyl groups is 1. The third-order valence-corrected chi connectivity index (χ3v) is 3.17. The summed E-state index contributed by atoms with van der Waals surface area (Å²) in [7, 11) is 0. The predicted molar refractivity (Wildman–Crippen MR) is 92.5 cm³/mol. The van der Waals surface area contributed by atoms with Crippen molar-refractivity contribution in [1.29, 1.82) is 0 Å². The zero-order chi connectivity index (χ0) is 18.4. The highest BCUT2D eigenvalue weighted by atomic mass is 16.5. The zero-order valence-electron chi connectivity index (χ0n) is 13.8. The van der Waals surface area contributed by atoms with Crippen LogP contribution in [0.2, 0.25) is 0 Å². The maximum atomic E-state index is 11.9. The van der Waals surface area contributed by atoms with Gasteiger partial charge in [0.1, 0.15) is 11.3 Å². The quantitative estimate of drug-likeness (QED) is 0.724. The molecule has 0 saturated heterocycles. The van der Waals surface area contributed by atoms with Crippen LogP contribution in [-0.4, -0.2) is 29.5 Å². The summed E-state index contributed by atoms with van der Waals surface area (Å²) < 4.78 is 4.90. The first-order chi connectivity index (χ1) is 11.8. The first kappa shape index (κ1) is 18.0. The molecule has 2 rings (SSSR count). The van der Waals surface area contributed by atoms with Gasteiger partial charge in [-0.15, -0.1) is 0 Å². The van der Waals surface area contributed by atoms with Gasteiger partial charge in [0.2, 0.25) is 5.91 Å². The number of hydrogen-bond donors (Lipinski definition) is 3. The Labute approximate surface area is 144 Å². The molecule has 7 heteroatoms. The van der Waals surface area contributed by atoms with Crippen molar-refractivity contribution in [2.45, 2.75) is 13.8 Å². The van der Waals surface area contributed by atoms with Crippen molar-refractivity contribution < 1.29 is 24.2 Å². The molecule has 2 aromatic carbocycles. The Morgan fingerprint density at radius 1 is 1.04 bits per heavy atom. The van der Waals surface area contributed by atoms with Crippen LogP contribution in [0.1, 0.15) is 22.8 Å². The predicted octanol–water partition coefficient (Wildman–Crippen LogP) is 2.45. The van der Waals surface area contributed by atoms with E-state index in [4.69, 9.17) is 4.74 Å². The minimum Gasteiger partial charge on any atom is -0.507 e. The summed E-state index contributed by atoms with van der Waals surface area (Å²) in [5.41, 5.74) is 1.77. The van der Waals surface area contributed by atoms with Gasteiger partial charge in [-0.3, -0.25) is 9.59 Å². The van der Waals surface area contributed by atoms with Crippen molar-refractivity contribution in [3.8, 4) is 5.75 Å².